The zero-order chi connectivity index (χ0) is 47.1. The van der Waals surface area contributed by atoms with Crippen LogP contribution in [-0.2, 0) is 10.8 Å². The molecule has 11 aromatic carbocycles. The molecule has 3 heterocycles. The normalized spacial score (nSPS) is 14.5. The molecule has 0 unspecified atom stereocenters. The van der Waals surface area contributed by atoms with Crippen molar-refractivity contribution < 1.29 is 0 Å². The van der Waals surface area contributed by atoms with E-state index in [0.717, 1.165) is 11.4 Å². The van der Waals surface area contributed by atoms with E-state index in [1.807, 2.05) is 34.9 Å². The van der Waals surface area contributed by atoms with Gasteiger partial charge in [-0.05, 0) is 132 Å². The summed E-state index contributed by atoms with van der Waals surface area (Å²) in [5, 5.41) is 2.55. The van der Waals surface area contributed by atoms with Gasteiger partial charge in [0.05, 0.1) is 21.2 Å². The van der Waals surface area contributed by atoms with Gasteiger partial charge in [0.15, 0.2) is 0 Å². The lowest BCUT2D eigenvalue weighted by atomic mass is 9.67. The molecule has 0 N–H and O–H groups in total. The van der Waals surface area contributed by atoms with Crippen molar-refractivity contribution in [2.75, 3.05) is 4.90 Å². The Morgan fingerprint density at radius 1 is 0.278 bits per heavy atom. The van der Waals surface area contributed by atoms with Crippen LogP contribution in [0.4, 0.5) is 17.1 Å². The van der Waals surface area contributed by atoms with Gasteiger partial charge in [-0.3, -0.25) is 0 Å². The lowest BCUT2D eigenvalue weighted by Crippen LogP contribution is -2.32. The molecule has 4 heteroatoms. The fourth-order valence-electron chi connectivity index (χ4n) is 13.2. The summed E-state index contributed by atoms with van der Waals surface area (Å²) in [6, 6.07) is 94.2. The Balaban J connectivity index is 1.00. The number of hydrogen-bond donors (Lipinski definition) is 0. The van der Waals surface area contributed by atoms with E-state index in [0.29, 0.717) is 0 Å². The van der Waals surface area contributed by atoms with Gasteiger partial charge in [-0.15, -0.1) is 11.3 Å². The number of rotatable bonds is 4. The maximum atomic E-state index is 2.59. The monoisotopic (exact) mass is 967 g/mol. The Kier molecular flexibility index (Phi) is 8.69. The van der Waals surface area contributed by atoms with Gasteiger partial charge in [0.25, 0.3) is 0 Å². The van der Waals surface area contributed by atoms with Crippen molar-refractivity contribution >= 4 is 72.1 Å². The molecule has 1 nitrogen and oxygen atoms in total. The molecule has 4 aliphatic rings. The van der Waals surface area contributed by atoms with Gasteiger partial charge < -0.3 is 4.90 Å². The first-order chi connectivity index (χ1) is 35.7. The Morgan fingerprint density at radius 2 is 0.667 bits per heavy atom. The highest BCUT2D eigenvalue weighted by molar-refractivity contribution is 7.99. The average molecular weight is 968 g/mol. The Bertz CT molecular complexity index is 3970. The molecule has 0 fully saturated rings. The van der Waals surface area contributed by atoms with Crippen molar-refractivity contribution in [1.82, 2.24) is 0 Å². The molecule has 16 rings (SSSR count). The number of benzene rings is 11. The maximum absolute atomic E-state index is 2.59. The van der Waals surface area contributed by atoms with Crippen LogP contribution >= 0.6 is 34.9 Å². The molecule has 1 aromatic heterocycles. The van der Waals surface area contributed by atoms with Gasteiger partial charge in [-0.25, -0.2) is 0 Å². The van der Waals surface area contributed by atoms with E-state index in [1.54, 1.807) is 0 Å². The summed E-state index contributed by atoms with van der Waals surface area (Å²) in [6.45, 7) is 0. The molecule has 0 saturated carbocycles. The molecule has 0 bridgehead atoms. The lowest BCUT2D eigenvalue weighted by Gasteiger charge is -2.41. The van der Waals surface area contributed by atoms with Crippen molar-refractivity contribution in [3.8, 4) is 33.4 Å². The zero-order valence-corrected chi connectivity index (χ0v) is 41.3. The van der Waals surface area contributed by atoms with Crippen molar-refractivity contribution in [3.63, 3.8) is 0 Å². The molecule has 0 radical (unpaired) electrons. The molecule has 0 saturated heterocycles. The van der Waals surface area contributed by atoms with Crippen LogP contribution in [0, 0.1) is 0 Å². The van der Waals surface area contributed by atoms with E-state index in [4.69, 9.17) is 0 Å². The highest BCUT2D eigenvalue weighted by Gasteiger charge is 2.52. The van der Waals surface area contributed by atoms with Crippen molar-refractivity contribution in [2.24, 2.45) is 0 Å². The number of anilines is 3. The molecule has 336 valence electrons. The lowest BCUT2D eigenvalue weighted by molar-refractivity contribution is 0.721. The largest absolute Gasteiger partial charge is 0.309 e. The van der Waals surface area contributed by atoms with Crippen molar-refractivity contribution in [2.45, 2.75) is 30.4 Å². The van der Waals surface area contributed by atoms with Crippen LogP contribution < -0.4 is 4.90 Å². The molecule has 12 aromatic rings. The fourth-order valence-corrected chi connectivity index (χ4v) is 16.9. The minimum absolute atomic E-state index is 0.516. The van der Waals surface area contributed by atoms with E-state index in [9.17, 15) is 0 Å². The van der Waals surface area contributed by atoms with Gasteiger partial charge in [0, 0.05) is 46.4 Å². The maximum Gasteiger partial charge on any atom is 0.0736 e. The number of thiophene rings is 1. The first-order valence-corrected chi connectivity index (χ1v) is 27.2. The molecule has 2 aliphatic carbocycles. The van der Waals surface area contributed by atoms with E-state index in [2.05, 4.69) is 254 Å². The highest BCUT2D eigenvalue weighted by Crippen LogP contribution is 2.65. The SMILES string of the molecule is c1ccc(-c2cccc3c2sc2c(N(c4ccc5c(c4)C4(c6ccccc6S5)c5ccccc5-c5ccccc54)c4ccc5c(c4)C4(c6ccccc6S5)c5ccccc5-c5ccccc54)cccc23)cc1. The third kappa shape index (κ3) is 5.36. The quantitative estimate of drug-likeness (QED) is 0.173. The zero-order valence-electron chi connectivity index (χ0n) is 38.8. The second kappa shape index (κ2) is 15.3. The third-order valence-corrected chi connectivity index (χ3v) is 19.6. The summed E-state index contributed by atoms with van der Waals surface area (Å²) < 4.78 is 2.57. The van der Waals surface area contributed by atoms with Gasteiger partial charge in [0.2, 0.25) is 0 Å². The van der Waals surface area contributed by atoms with Crippen LogP contribution in [-0.4, -0.2) is 0 Å². The van der Waals surface area contributed by atoms with Crippen LogP contribution in [0.5, 0.6) is 0 Å². The smallest absolute Gasteiger partial charge is 0.0736 e. The third-order valence-electron chi connectivity index (χ3n) is 16.0. The van der Waals surface area contributed by atoms with Gasteiger partial charge in [0.1, 0.15) is 0 Å². The van der Waals surface area contributed by atoms with E-state index in [1.165, 1.54) is 123 Å². The van der Waals surface area contributed by atoms with Crippen LogP contribution in [0.3, 0.4) is 0 Å². The fraction of sp³-hybridized carbons (Fsp3) is 0.0294. The highest BCUT2D eigenvalue weighted by atomic mass is 32.2. The van der Waals surface area contributed by atoms with Crippen LogP contribution in [0.15, 0.2) is 268 Å². The standard InChI is InChI=1S/C68H41NS3/c1-2-18-42(19-3-1)45-24-16-25-50-51-26-17-33-60(66(51)72-65(45)50)69(43-36-38-63-58(40-43)67(56-31-12-14-34-61(56)70-63)52-27-8-4-20-46(52)47-21-5-9-28-53(47)67)44-37-39-64-59(41-44)68(57-32-13-15-35-62(57)71-64)54-29-10-6-22-48(54)49-23-7-11-30-55(49)68/h1-41H. The minimum Gasteiger partial charge on any atom is -0.309 e. The van der Waals surface area contributed by atoms with Crippen molar-refractivity contribution in [3.05, 3.63) is 293 Å². The summed E-state index contributed by atoms with van der Waals surface area (Å²) in [4.78, 5) is 7.78. The molecule has 0 atom stereocenters. The van der Waals surface area contributed by atoms with Crippen LogP contribution in [0.2, 0.25) is 0 Å². The average Bonchev–Trinajstić information content (AvgIpc) is 4.08. The second-order valence-electron chi connectivity index (χ2n) is 19.4. The summed E-state index contributed by atoms with van der Waals surface area (Å²) in [5.41, 5.74) is 20.8. The van der Waals surface area contributed by atoms with E-state index >= 15 is 0 Å². The molecule has 2 spiro atoms. The van der Waals surface area contributed by atoms with Gasteiger partial charge in [-0.2, -0.15) is 0 Å². The second-order valence-corrected chi connectivity index (χ2v) is 22.6. The van der Waals surface area contributed by atoms with Crippen molar-refractivity contribution in [1.29, 1.82) is 0 Å². The van der Waals surface area contributed by atoms with Gasteiger partial charge >= 0.3 is 0 Å². The summed E-state index contributed by atoms with van der Waals surface area (Å²) >= 11 is 5.72. The molecular formula is C68H41NS3. The number of fused-ring (bicyclic) bond motifs is 21. The van der Waals surface area contributed by atoms with Crippen LogP contribution in [0.25, 0.3) is 53.6 Å². The Labute approximate surface area is 431 Å². The Morgan fingerprint density at radius 3 is 1.17 bits per heavy atom. The first kappa shape index (κ1) is 40.8. The predicted molar refractivity (Wildman–Crippen MR) is 302 cm³/mol. The molecule has 0 amide bonds. The first-order valence-electron chi connectivity index (χ1n) is 24.7. The Hall–Kier alpha value is -7.86. The van der Waals surface area contributed by atoms with E-state index < -0.39 is 10.8 Å². The predicted octanol–water partition coefficient (Wildman–Crippen LogP) is 18.8. The summed E-state index contributed by atoms with van der Waals surface area (Å²) in [7, 11) is 0. The van der Waals surface area contributed by atoms with E-state index in [-0.39, 0.29) is 0 Å². The molecular weight excluding hydrogens is 927 g/mol. The minimum atomic E-state index is -0.516. The summed E-state index contributed by atoms with van der Waals surface area (Å²) in [6.07, 6.45) is 0. The molecule has 2 aliphatic heterocycles. The number of hydrogen-bond acceptors (Lipinski definition) is 4. The number of nitrogens with zero attached hydrogens (tertiary/aromatic N) is 1. The summed E-state index contributed by atoms with van der Waals surface area (Å²) in [5.74, 6) is 0. The van der Waals surface area contributed by atoms with Crippen LogP contribution in [0.1, 0.15) is 44.5 Å². The topological polar surface area (TPSA) is 3.24 Å². The van der Waals surface area contributed by atoms with Gasteiger partial charge in [-0.1, -0.05) is 218 Å². The molecule has 72 heavy (non-hydrogen) atoms.